The Hall–Kier alpha value is 0. The summed E-state index contributed by atoms with van der Waals surface area (Å²) in [6.45, 7) is 9.94. The maximum Gasteiger partial charge on any atom is -0.0321 e. The molecule has 0 aromatic heterocycles. The summed E-state index contributed by atoms with van der Waals surface area (Å²) in [6, 6.07) is 0. The van der Waals surface area contributed by atoms with E-state index >= 15 is 0 Å². The molecule has 0 aliphatic heterocycles. The van der Waals surface area contributed by atoms with Crippen molar-refractivity contribution in [2.45, 2.75) is 53.4 Å². The van der Waals surface area contributed by atoms with Gasteiger partial charge in [0.25, 0.3) is 0 Å². The Morgan fingerprint density at radius 3 is 1.56 bits per heavy atom. The van der Waals surface area contributed by atoms with Crippen molar-refractivity contribution in [3.8, 4) is 0 Å². The molecule has 0 N–H and O–H groups in total. The van der Waals surface area contributed by atoms with Gasteiger partial charge < -0.3 is 0 Å². The Morgan fingerprint density at radius 2 is 1.19 bits per heavy atom. The number of rotatable bonds is 2. The number of fused-ring (bicyclic) bond motifs is 5. The van der Waals surface area contributed by atoms with Gasteiger partial charge in [0.05, 0.1) is 0 Å². The molecule has 0 aromatic rings. The van der Waals surface area contributed by atoms with Crippen LogP contribution in [0.2, 0.25) is 0 Å². The van der Waals surface area contributed by atoms with E-state index in [0.29, 0.717) is 0 Å². The normalized spacial score (nSPS) is 59.2. The standard InChI is InChI=1S/C16H28/c1-5-11-7-12(6-2)16-14-8-13(15(11)16)9(3)10(14)4/h9-16H,5-8H2,1-4H3/t9?,10?,11-,12+,13?,14?,15?,16?. The van der Waals surface area contributed by atoms with Crippen molar-refractivity contribution < 1.29 is 0 Å². The summed E-state index contributed by atoms with van der Waals surface area (Å²) in [7, 11) is 0. The van der Waals surface area contributed by atoms with Crippen molar-refractivity contribution in [3.63, 3.8) is 0 Å². The minimum Gasteiger partial charge on any atom is -0.0651 e. The molecule has 0 saturated heterocycles. The van der Waals surface area contributed by atoms with Crippen LogP contribution < -0.4 is 0 Å². The van der Waals surface area contributed by atoms with E-state index in [9.17, 15) is 0 Å². The minimum absolute atomic E-state index is 1.02. The summed E-state index contributed by atoms with van der Waals surface area (Å²) >= 11 is 0. The first-order valence-corrected chi connectivity index (χ1v) is 7.69. The van der Waals surface area contributed by atoms with Gasteiger partial charge in [0, 0.05) is 0 Å². The lowest BCUT2D eigenvalue weighted by atomic mass is 9.67. The minimum atomic E-state index is 1.02. The predicted molar refractivity (Wildman–Crippen MR) is 69.1 cm³/mol. The van der Waals surface area contributed by atoms with E-state index < -0.39 is 0 Å². The highest BCUT2D eigenvalue weighted by molar-refractivity contribution is 5.09. The van der Waals surface area contributed by atoms with Crippen LogP contribution in [0.25, 0.3) is 0 Å². The van der Waals surface area contributed by atoms with Crippen molar-refractivity contribution in [1.82, 2.24) is 0 Å². The van der Waals surface area contributed by atoms with Crippen molar-refractivity contribution in [3.05, 3.63) is 0 Å². The number of hydrogen-bond donors (Lipinski definition) is 0. The van der Waals surface area contributed by atoms with Crippen LogP contribution in [0.15, 0.2) is 0 Å². The summed E-state index contributed by atoms with van der Waals surface area (Å²) in [6.07, 6.45) is 6.05. The molecule has 0 amide bonds. The first kappa shape index (κ1) is 11.1. The van der Waals surface area contributed by atoms with Crippen molar-refractivity contribution >= 4 is 0 Å². The third-order valence-corrected chi connectivity index (χ3v) is 6.90. The quantitative estimate of drug-likeness (QED) is 0.638. The van der Waals surface area contributed by atoms with Gasteiger partial charge in [0.15, 0.2) is 0 Å². The zero-order valence-corrected chi connectivity index (χ0v) is 11.4. The molecule has 0 aromatic carbocycles. The lowest BCUT2D eigenvalue weighted by Gasteiger charge is -2.38. The van der Waals surface area contributed by atoms with Crippen molar-refractivity contribution in [2.75, 3.05) is 0 Å². The molecule has 3 aliphatic rings. The van der Waals surface area contributed by atoms with Crippen molar-refractivity contribution in [2.24, 2.45) is 47.3 Å². The topological polar surface area (TPSA) is 0 Å². The monoisotopic (exact) mass is 220 g/mol. The summed E-state index contributed by atoms with van der Waals surface area (Å²) in [5.41, 5.74) is 0. The van der Waals surface area contributed by atoms with Gasteiger partial charge >= 0.3 is 0 Å². The average molecular weight is 220 g/mol. The van der Waals surface area contributed by atoms with Crippen molar-refractivity contribution in [1.29, 1.82) is 0 Å². The van der Waals surface area contributed by atoms with Crippen LogP contribution in [0.3, 0.4) is 0 Å². The SMILES string of the molecule is CC[C@@H]1C[C@H](CC)C2C3CC(C(C)C3C)C21. The molecule has 8 atom stereocenters. The second-order valence-electron chi connectivity index (χ2n) is 7.01. The maximum absolute atomic E-state index is 2.54. The number of hydrogen-bond acceptors (Lipinski definition) is 0. The lowest BCUT2D eigenvalue weighted by Crippen LogP contribution is -2.33. The highest BCUT2D eigenvalue weighted by Gasteiger charge is 2.60. The molecule has 3 aliphatic carbocycles. The smallest absolute Gasteiger partial charge is 0.0321 e. The van der Waals surface area contributed by atoms with Gasteiger partial charge in [-0.1, -0.05) is 40.5 Å². The molecule has 3 fully saturated rings. The molecule has 6 unspecified atom stereocenters. The van der Waals surface area contributed by atoms with Crippen LogP contribution in [-0.2, 0) is 0 Å². The van der Waals surface area contributed by atoms with Gasteiger partial charge in [0.1, 0.15) is 0 Å². The van der Waals surface area contributed by atoms with E-state index in [2.05, 4.69) is 27.7 Å². The Bertz CT molecular complexity index is 243. The highest BCUT2D eigenvalue weighted by Crippen LogP contribution is 2.67. The van der Waals surface area contributed by atoms with Crippen LogP contribution in [0, 0.1) is 47.3 Å². The van der Waals surface area contributed by atoms with E-state index in [0.717, 1.165) is 47.3 Å². The van der Waals surface area contributed by atoms with Gasteiger partial charge in [-0.2, -0.15) is 0 Å². The van der Waals surface area contributed by atoms with E-state index in [1.165, 1.54) is 12.8 Å². The highest BCUT2D eigenvalue weighted by atomic mass is 14.7. The van der Waals surface area contributed by atoms with E-state index in [-0.39, 0.29) is 0 Å². The van der Waals surface area contributed by atoms with Crippen LogP contribution in [-0.4, -0.2) is 0 Å². The molecule has 0 heterocycles. The summed E-state index contributed by atoms with van der Waals surface area (Å²) < 4.78 is 0. The zero-order chi connectivity index (χ0) is 11.4. The predicted octanol–water partition coefficient (Wildman–Crippen LogP) is 4.60. The first-order chi connectivity index (χ1) is 7.69. The van der Waals surface area contributed by atoms with Crippen LogP contribution in [0.4, 0.5) is 0 Å². The van der Waals surface area contributed by atoms with Gasteiger partial charge in [-0.15, -0.1) is 0 Å². The molecule has 2 bridgehead atoms. The molecular weight excluding hydrogens is 192 g/mol. The molecule has 0 spiro atoms. The Balaban J connectivity index is 1.89. The third kappa shape index (κ3) is 1.22. The zero-order valence-electron chi connectivity index (χ0n) is 11.4. The molecule has 0 nitrogen and oxygen atoms in total. The fourth-order valence-corrected chi connectivity index (χ4v) is 6.02. The molecule has 0 heteroatoms. The van der Waals surface area contributed by atoms with Gasteiger partial charge in [0.2, 0.25) is 0 Å². The molecule has 3 saturated carbocycles. The second-order valence-corrected chi connectivity index (χ2v) is 7.01. The fraction of sp³-hybridized carbons (Fsp3) is 1.00. The van der Waals surface area contributed by atoms with E-state index in [1.54, 1.807) is 12.8 Å². The van der Waals surface area contributed by atoms with E-state index in [4.69, 9.17) is 0 Å². The fourth-order valence-electron chi connectivity index (χ4n) is 6.02. The summed E-state index contributed by atoms with van der Waals surface area (Å²) in [4.78, 5) is 0. The largest absolute Gasteiger partial charge is 0.0651 e. The van der Waals surface area contributed by atoms with E-state index in [1.807, 2.05) is 0 Å². The summed E-state index contributed by atoms with van der Waals surface area (Å²) in [5, 5.41) is 0. The van der Waals surface area contributed by atoms with Gasteiger partial charge in [-0.25, -0.2) is 0 Å². The average Bonchev–Trinajstić information content (AvgIpc) is 2.90. The molecule has 16 heavy (non-hydrogen) atoms. The first-order valence-electron chi connectivity index (χ1n) is 7.69. The second kappa shape index (κ2) is 3.75. The van der Waals surface area contributed by atoms with Gasteiger partial charge in [-0.3, -0.25) is 0 Å². The Morgan fingerprint density at radius 1 is 0.750 bits per heavy atom. The molecule has 0 radical (unpaired) electrons. The molecule has 3 rings (SSSR count). The van der Waals surface area contributed by atoms with Gasteiger partial charge in [-0.05, 0) is 60.2 Å². The summed E-state index contributed by atoms with van der Waals surface area (Å²) in [5.74, 6) is 8.68. The van der Waals surface area contributed by atoms with Crippen LogP contribution >= 0.6 is 0 Å². The third-order valence-electron chi connectivity index (χ3n) is 6.90. The van der Waals surface area contributed by atoms with Crippen LogP contribution in [0.1, 0.15) is 53.4 Å². The molecular formula is C16H28. The Kier molecular flexibility index (Phi) is 2.60. The Labute approximate surface area is 101 Å². The lowest BCUT2D eigenvalue weighted by molar-refractivity contribution is 0.0950. The maximum atomic E-state index is 2.54. The molecule has 92 valence electrons. The van der Waals surface area contributed by atoms with Crippen LogP contribution in [0.5, 0.6) is 0 Å².